The summed E-state index contributed by atoms with van der Waals surface area (Å²) >= 11 is 0. The molecule has 0 fully saturated rings. The average Bonchev–Trinajstić information content (AvgIpc) is 2.46. The lowest BCUT2D eigenvalue weighted by Gasteiger charge is -2.27. The van der Waals surface area contributed by atoms with E-state index in [1.54, 1.807) is 34.6 Å². The second-order valence-electron chi connectivity index (χ2n) is 3.92. The Morgan fingerprint density at radius 1 is 0.727 bits per heavy atom. The predicted molar refractivity (Wildman–Crippen MR) is 84.9 cm³/mol. The van der Waals surface area contributed by atoms with E-state index in [-0.39, 0.29) is 38.1 Å². The zero-order valence-corrected chi connectivity index (χ0v) is 14.9. The molecule has 0 aromatic carbocycles. The van der Waals surface area contributed by atoms with Crippen molar-refractivity contribution in [3.63, 3.8) is 0 Å². The topological polar surface area (TPSA) is 80.3 Å². The number of hydrogen-bond acceptors (Lipinski definition) is 7. The molecule has 22 heavy (non-hydrogen) atoms. The van der Waals surface area contributed by atoms with Gasteiger partial charge >= 0.3 is 11.9 Å². The number of ether oxygens (including phenoxy) is 3. The summed E-state index contributed by atoms with van der Waals surface area (Å²) in [5.41, 5.74) is 0. The fraction of sp³-hybridized carbons (Fsp3) is 0.786. The smallest absolute Gasteiger partial charge is 0.350 e. The molecule has 0 heterocycles. The summed E-state index contributed by atoms with van der Waals surface area (Å²) in [5.74, 6) is -1.56. The predicted octanol–water partition coefficient (Wildman–Crippen LogP) is 2.20. The SMILES string of the molecule is CCOCP(OCC)(OCC)=C(C(=O)OCC)C(=O)OCC. The van der Waals surface area contributed by atoms with E-state index in [9.17, 15) is 9.59 Å². The Labute approximate surface area is 132 Å². The largest absolute Gasteiger partial charge is 0.462 e. The van der Waals surface area contributed by atoms with Crippen LogP contribution in [-0.2, 0) is 32.8 Å². The van der Waals surface area contributed by atoms with Crippen LogP contribution in [0.1, 0.15) is 34.6 Å². The second-order valence-corrected chi connectivity index (χ2v) is 6.49. The van der Waals surface area contributed by atoms with Crippen molar-refractivity contribution in [1.82, 2.24) is 0 Å². The molecule has 0 rings (SSSR count). The summed E-state index contributed by atoms with van der Waals surface area (Å²) in [6.07, 6.45) is -0.00184. The Morgan fingerprint density at radius 3 is 1.50 bits per heavy atom. The number of carbonyl (C=O) groups excluding carboxylic acids is 2. The second kappa shape index (κ2) is 11.7. The van der Waals surface area contributed by atoms with Gasteiger partial charge in [-0.05, 0) is 34.6 Å². The van der Waals surface area contributed by atoms with Crippen LogP contribution in [0.5, 0.6) is 0 Å². The van der Waals surface area contributed by atoms with Crippen molar-refractivity contribution in [3.8, 4) is 0 Å². The van der Waals surface area contributed by atoms with Gasteiger partial charge in [0.1, 0.15) is 6.35 Å². The number of rotatable bonds is 11. The first-order valence-electron chi connectivity index (χ1n) is 7.49. The molecule has 0 saturated carbocycles. The molecule has 7 nitrogen and oxygen atoms in total. The first-order chi connectivity index (χ1) is 10.5. The minimum absolute atomic E-state index is 0.00184. The van der Waals surface area contributed by atoms with E-state index < -0.39 is 19.3 Å². The standard InChI is InChI=1S/C14H27O7P/c1-6-17-11-22(20-9-4,21-10-5)12(13(15)18-7-2)14(16)19-8-3/h6-11H2,1-5H3. The van der Waals surface area contributed by atoms with Gasteiger partial charge < -0.3 is 23.3 Å². The van der Waals surface area contributed by atoms with Crippen molar-refractivity contribution in [1.29, 1.82) is 0 Å². The van der Waals surface area contributed by atoms with Gasteiger partial charge in [0.25, 0.3) is 0 Å². The maximum Gasteiger partial charge on any atom is 0.350 e. The summed E-state index contributed by atoms with van der Waals surface area (Å²) in [7, 11) is -3.05. The van der Waals surface area contributed by atoms with E-state index in [4.69, 9.17) is 23.3 Å². The van der Waals surface area contributed by atoms with Crippen LogP contribution in [0.15, 0.2) is 0 Å². The summed E-state index contributed by atoms with van der Waals surface area (Å²) < 4.78 is 26.8. The summed E-state index contributed by atoms with van der Waals surface area (Å²) in [4.78, 5) is 24.5. The van der Waals surface area contributed by atoms with Crippen molar-refractivity contribution >= 4 is 24.6 Å². The van der Waals surface area contributed by atoms with E-state index in [1.165, 1.54) is 0 Å². The van der Waals surface area contributed by atoms with Crippen LogP contribution < -0.4 is 0 Å². The van der Waals surface area contributed by atoms with Crippen LogP contribution in [0.3, 0.4) is 0 Å². The zero-order chi connectivity index (χ0) is 17.0. The molecule has 0 amide bonds. The first-order valence-corrected chi connectivity index (χ1v) is 9.30. The van der Waals surface area contributed by atoms with Gasteiger partial charge in [-0.2, -0.15) is 0 Å². The van der Waals surface area contributed by atoms with Gasteiger partial charge in [0.05, 0.1) is 26.4 Å². The Kier molecular flexibility index (Phi) is 11.2. The molecule has 0 N–H and O–H groups in total. The molecule has 8 heteroatoms. The fourth-order valence-electron chi connectivity index (χ4n) is 1.69. The summed E-state index contributed by atoms with van der Waals surface area (Å²) in [6, 6.07) is 0. The van der Waals surface area contributed by atoms with Gasteiger partial charge in [-0.1, -0.05) is 0 Å². The van der Waals surface area contributed by atoms with Crippen molar-refractivity contribution in [2.75, 3.05) is 39.4 Å². The highest BCUT2D eigenvalue weighted by molar-refractivity contribution is 7.71. The quantitative estimate of drug-likeness (QED) is 0.324. The number of carbonyl (C=O) groups is 2. The van der Waals surface area contributed by atoms with Crippen LogP contribution in [-0.4, -0.2) is 56.6 Å². The third kappa shape index (κ3) is 6.08. The number of hydrogen-bond donors (Lipinski definition) is 0. The molecule has 0 aromatic rings. The zero-order valence-electron chi connectivity index (χ0n) is 14.0. The number of esters is 2. The minimum atomic E-state index is -3.05. The summed E-state index contributed by atoms with van der Waals surface area (Å²) in [6.45, 7) is 9.84. The maximum atomic E-state index is 12.3. The van der Waals surface area contributed by atoms with Gasteiger partial charge in [0.2, 0.25) is 0 Å². The van der Waals surface area contributed by atoms with Crippen molar-refractivity contribution in [3.05, 3.63) is 0 Å². The normalized spacial score (nSPS) is 11.1. The molecule has 0 atom stereocenters. The fourth-order valence-corrected chi connectivity index (χ4v) is 4.25. The highest BCUT2D eigenvalue weighted by atomic mass is 31.2. The Bertz CT molecular complexity index is 376. The lowest BCUT2D eigenvalue weighted by Crippen LogP contribution is -2.32. The van der Waals surface area contributed by atoms with Crippen molar-refractivity contribution in [2.24, 2.45) is 0 Å². The molecular formula is C14H27O7P. The van der Waals surface area contributed by atoms with Crippen LogP contribution >= 0.6 is 7.34 Å². The highest BCUT2D eigenvalue weighted by Crippen LogP contribution is 2.52. The van der Waals surface area contributed by atoms with E-state index in [1.807, 2.05) is 0 Å². The molecule has 0 saturated heterocycles. The highest BCUT2D eigenvalue weighted by Gasteiger charge is 2.37. The van der Waals surface area contributed by atoms with Gasteiger partial charge in [-0.3, -0.25) is 0 Å². The van der Waals surface area contributed by atoms with E-state index in [0.717, 1.165) is 0 Å². The van der Waals surface area contributed by atoms with E-state index in [2.05, 4.69) is 0 Å². The van der Waals surface area contributed by atoms with Crippen molar-refractivity contribution < 1.29 is 32.8 Å². The van der Waals surface area contributed by atoms with Crippen molar-refractivity contribution in [2.45, 2.75) is 34.6 Å². The van der Waals surface area contributed by atoms with E-state index in [0.29, 0.717) is 6.61 Å². The lowest BCUT2D eigenvalue weighted by molar-refractivity contribution is -0.140. The third-order valence-electron chi connectivity index (χ3n) is 2.42. The van der Waals surface area contributed by atoms with Gasteiger partial charge in [0.15, 0.2) is 12.6 Å². The van der Waals surface area contributed by atoms with Gasteiger partial charge in [-0.25, -0.2) is 9.59 Å². The Hall–Kier alpha value is -0.880. The van der Waals surface area contributed by atoms with Crippen LogP contribution in [0.2, 0.25) is 0 Å². The van der Waals surface area contributed by atoms with Gasteiger partial charge in [-0.15, -0.1) is 0 Å². The first kappa shape index (κ1) is 21.1. The molecule has 0 aliphatic carbocycles. The molecule has 0 spiro atoms. The monoisotopic (exact) mass is 338 g/mol. The Morgan fingerprint density at radius 2 is 1.18 bits per heavy atom. The molecule has 130 valence electrons. The average molecular weight is 338 g/mol. The summed E-state index contributed by atoms with van der Waals surface area (Å²) in [5, 5.41) is -0.228. The molecule has 0 aliphatic rings. The van der Waals surface area contributed by atoms with E-state index >= 15 is 0 Å². The molecule has 0 unspecified atom stereocenters. The molecule has 0 aliphatic heterocycles. The third-order valence-corrected chi connectivity index (χ3v) is 5.34. The maximum absolute atomic E-state index is 12.3. The molecule has 0 bridgehead atoms. The van der Waals surface area contributed by atoms with Crippen LogP contribution in [0.4, 0.5) is 0 Å². The molecule has 0 aromatic heterocycles. The van der Waals surface area contributed by atoms with Crippen LogP contribution in [0, 0.1) is 0 Å². The lowest BCUT2D eigenvalue weighted by atomic mass is 10.4. The molecular weight excluding hydrogens is 311 g/mol. The minimum Gasteiger partial charge on any atom is -0.462 e. The molecule has 0 radical (unpaired) electrons. The van der Waals surface area contributed by atoms with Crippen LogP contribution in [0.25, 0.3) is 0 Å². The Balaban J connectivity index is 6.09. The van der Waals surface area contributed by atoms with Gasteiger partial charge in [0, 0.05) is 6.61 Å².